The molecule has 7 nitrogen and oxygen atoms in total. The van der Waals surface area contributed by atoms with Crippen molar-refractivity contribution >= 4 is 20.6 Å². The molecule has 3 aromatic heterocycles. The molecule has 8 heteroatoms. The predicted molar refractivity (Wildman–Crippen MR) is 114 cm³/mol. The second-order valence-corrected chi connectivity index (χ2v) is 7.88. The first kappa shape index (κ1) is 20.2. The number of fused-ring (bicyclic) bond motifs is 1. The largest absolute Gasteiger partial charge is 0.478 e. The summed E-state index contributed by atoms with van der Waals surface area (Å²) in [7, 11) is -2.95. The topological polar surface area (TPSA) is 83.2 Å². The number of nitrogens with zero attached hydrogens (tertiary/aromatic N) is 4. The summed E-state index contributed by atoms with van der Waals surface area (Å²) in [5.74, 6) is 0. The molecule has 2 N–H and O–H groups in total. The Bertz CT molecular complexity index is 1140. The quantitative estimate of drug-likeness (QED) is 0.348. The van der Waals surface area contributed by atoms with Crippen molar-refractivity contribution in [1.29, 1.82) is 0 Å². The molecule has 0 bridgehead atoms. The molecule has 0 aliphatic heterocycles. The van der Waals surface area contributed by atoms with Crippen LogP contribution in [-0.4, -0.2) is 35.7 Å². The predicted octanol–water partition coefficient (Wildman–Crippen LogP) is 1.28. The van der Waals surface area contributed by atoms with Crippen molar-refractivity contribution < 1.29 is 23.2 Å². The van der Waals surface area contributed by atoms with E-state index in [4.69, 9.17) is 19.0 Å². The van der Waals surface area contributed by atoms with Gasteiger partial charge in [0.2, 0.25) is 0 Å². The van der Waals surface area contributed by atoms with E-state index in [2.05, 4.69) is 28.6 Å². The molecule has 4 aromatic rings. The summed E-state index contributed by atoms with van der Waals surface area (Å²) in [6, 6.07) is 14.2. The van der Waals surface area contributed by atoms with Crippen LogP contribution < -0.4 is 9.13 Å². The summed E-state index contributed by atoms with van der Waals surface area (Å²) in [5.41, 5.74) is 5.75. The zero-order valence-corrected chi connectivity index (χ0v) is 17.9. The Hall–Kier alpha value is -3.04. The van der Waals surface area contributed by atoms with E-state index in [0.29, 0.717) is 6.54 Å². The average Bonchev–Trinajstić information content (AvgIpc) is 2.79. The van der Waals surface area contributed by atoms with Gasteiger partial charge in [-0.3, -0.25) is 4.98 Å². The van der Waals surface area contributed by atoms with Crippen LogP contribution in [0.25, 0.3) is 33.4 Å². The molecule has 0 fully saturated rings. The minimum Gasteiger partial charge on any atom is -0.392 e. The summed E-state index contributed by atoms with van der Waals surface area (Å²) in [5, 5.41) is 0. The number of rotatable bonds is 7. The first-order valence-corrected chi connectivity index (χ1v) is 11.4. The minimum atomic E-state index is -2.95. The van der Waals surface area contributed by atoms with Gasteiger partial charge in [0.05, 0.1) is 29.5 Å². The van der Waals surface area contributed by atoms with E-state index in [1.807, 2.05) is 65.9 Å². The van der Waals surface area contributed by atoms with Gasteiger partial charge in [0.15, 0.2) is 31.3 Å². The molecule has 4 rings (SSSR count). The van der Waals surface area contributed by atoms with Crippen molar-refractivity contribution in [3.8, 4) is 22.4 Å². The molecule has 0 saturated carbocycles. The third-order valence-corrected chi connectivity index (χ3v) is 5.47. The summed E-state index contributed by atoms with van der Waals surface area (Å²) in [4.78, 5) is 27.1. The summed E-state index contributed by atoms with van der Waals surface area (Å²) in [6.07, 6.45) is 9.80. The van der Waals surface area contributed by atoms with Gasteiger partial charge in [-0.25, -0.2) is 14.1 Å². The summed E-state index contributed by atoms with van der Waals surface area (Å²) >= 11 is 0. The van der Waals surface area contributed by atoms with E-state index in [0.717, 1.165) is 40.0 Å². The van der Waals surface area contributed by atoms with Gasteiger partial charge in [-0.2, -0.15) is 0 Å². The zero-order valence-electron chi connectivity index (χ0n) is 16.7. The lowest BCUT2D eigenvalue weighted by molar-refractivity contribution is -0.697. The highest BCUT2D eigenvalue weighted by Crippen LogP contribution is 2.24. The lowest BCUT2D eigenvalue weighted by atomic mass is 10.1. The number of aryl methyl sites for hydroxylation is 1. The molecule has 0 spiro atoms. The van der Waals surface area contributed by atoms with Crippen LogP contribution in [0.1, 0.15) is 6.92 Å². The second-order valence-electron chi connectivity index (χ2n) is 6.90. The lowest BCUT2D eigenvalue weighted by Gasteiger charge is -2.06. The molecule has 0 radical (unpaired) electrons. The van der Waals surface area contributed by atoms with Crippen LogP contribution in [0.4, 0.5) is 0 Å². The van der Waals surface area contributed by atoms with Gasteiger partial charge in [0.1, 0.15) is 6.54 Å². The second kappa shape index (κ2) is 9.18. The fourth-order valence-electron chi connectivity index (χ4n) is 3.23. The zero-order chi connectivity index (χ0) is 20.9. The van der Waals surface area contributed by atoms with E-state index in [1.54, 1.807) is 0 Å². The Kier molecular flexibility index (Phi) is 6.20. The van der Waals surface area contributed by atoms with Crippen LogP contribution in [0.5, 0.6) is 0 Å². The molecule has 0 saturated heterocycles. The molecule has 0 unspecified atom stereocenters. The molecular weight excluding hydrogens is 396 g/mol. The number of aromatic nitrogens is 4. The lowest BCUT2D eigenvalue weighted by Crippen LogP contribution is -2.36. The van der Waals surface area contributed by atoms with Crippen molar-refractivity contribution in [3.05, 3.63) is 73.4 Å². The van der Waals surface area contributed by atoms with Crippen LogP contribution in [0.15, 0.2) is 73.4 Å². The van der Waals surface area contributed by atoms with E-state index in [9.17, 15) is 0 Å². The summed E-state index contributed by atoms with van der Waals surface area (Å²) < 4.78 is 8.92. The van der Waals surface area contributed by atoms with Crippen LogP contribution in [0, 0.1) is 0 Å². The van der Waals surface area contributed by atoms with Crippen molar-refractivity contribution in [2.75, 3.05) is 6.61 Å². The molecule has 3 heterocycles. The maximum atomic E-state index is 8.86. The number of pyridine rings is 2. The van der Waals surface area contributed by atoms with Crippen molar-refractivity contribution in [1.82, 2.24) is 9.97 Å². The van der Waals surface area contributed by atoms with Crippen LogP contribution in [0.2, 0.25) is 0 Å². The fourth-order valence-corrected chi connectivity index (χ4v) is 3.55. The molecule has 0 aliphatic carbocycles. The number of hydrogen-bond acceptors (Lipinski definition) is 5. The molecule has 0 amide bonds. The molecular formula is C22H24N4O3Si+2. The first-order valence-electron chi connectivity index (χ1n) is 9.86. The van der Waals surface area contributed by atoms with Gasteiger partial charge in [-0.15, -0.1) is 0 Å². The highest BCUT2D eigenvalue weighted by Gasteiger charge is 2.09. The van der Waals surface area contributed by atoms with Gasteiger partial charge in [-0.05, 0) is 30.2 Å². The number of hydrogen-bond donors (Lipinski definition) is 2. The minimum absolute atomic E-state index is 0.279. The third-order valence-electron chi connectivity index (χ3n) is 4.94. The highest BCUT2D eigenvalue weighted by atomic mass is 28.3. The maximum absolute atomic E-state index is 8.86. The van der Waals surface area contributed by atoms with Gasteiger partial charge in [0, 0.05) is 29.8 Å². The van der Waals surface area contributed by atoms with Crippen LogP contribution in [0.3, 0.4) is 0 Å². The van der Waals surface area contributed by atoms with Gasteiger partial charge < -0.3 is 14.0 Å². The van der Waals surface area contributed by atoms with Crippen molar-refractivity contribution in [2.24, 2.45) is 0 Å². The Labute approximate surface area is 176 Å². The van der Waals surface area contributed by atoms with Crippen molar-refractivity contribution in [3.63, 3.8) is 0 Å². The smallest absolute Gasteiger partial charge is 0.392 e. The maximum Gasteiger partial charge on any atom is 0.478 e. The van der Waals surface area contributed by atoms with Crippen LogP contribution in [-0.2, 0) is 17.5 Å². The highest BCUT2D eigenvalue weighted by molar-refractivity contribution is 6.32. The first-order chi connectivity index (χ1) is 14.6. The monoisotopic (exact) mass is 420 g/mol. The normalized spacial score (nSPS) is 11.3. The Morgan fingerprint density at radius 2 is 1.57 bits per heavy atom. The molecule has 1 aromatic carbocycles. The molecule has 0 aliphatic rings. The van der Waals surface area contributed by atoms with E-state index in [1.165, 1.54) is 0 Å². The van der Waals surface area contributed by atoms with E-state index in [-0.39, 0.29) is 6.61 Å². The molecule has 0 atom stereocenters. The van der Waals surface area contributed by atoms with Crippen LogP contribution >= 0.6 is 0 Å². The average molecular weight is 421 g/mol. The molecule has 152 valence electrons. The number of benzene rings is 1. The summed E-state index contributed by atoms with van der Waals surface area (Å²) in [6.45, 7) is 3.89. The Balaban J connectivity index is 1.53. The fraction of sp³-hybridized carbons (Fsp3) is 0.182. The van der Waals surface area contributed by atoms with Gasteiger partial charge in [0.25, 0.3) is 0 Å². The SMILES string of the molecule is CC[n+]1ccc(-c2cnc3cc(-c4cc[n+](CCO[SiH](O)O)cc4)ccc3n2)cc1. The Morgan fingerprint density at radius 1 is 0.867 bits per heavy atom. The van der Waals surface area contributed by atoms with E-state index < -0.39 is 9.53 Å². The third kappa shape index (κ3) is 4.74. The Morgan fingerprint density at radius 3 is 2.27 bits per heavy atom. The van der Waals surface area contributed by atoms with Gasteiger partial charge in [-0.1, -0.05) is 6.07 Å². The van der Waals surface area contributed by atoms with Gasteiger partial charge >= 0.3 is 9.53 Å². The van der Waals surface area contributed by atoms with Crippen molar-refractivity contribution in [2.45, 2.75) is 20.0 Å². The standard InChI is InChI=1S/C22H24N4O3Si/c1-2-25-9-7-18(8-10-25)22-16-23-21-15-19(3-4-20(21)24-22)17-5-11-26(12-6-17)13-14-29-30(27)28/h3-12,15-16,27-28,30H,2,13-14H2,1H3/q+2. The molecule has 30 heavy (non-hydrogen) atoms. The van der Waals surface area contributed by atoms with E-state index >= 15 is 0 Å².